The Morgan fingerprint density at radius 3 is 2.44 bits per heavy atom. The summed E-state index contributed by atoms with van der Waals surface area (Å²) in [4.78, 5) is 11.0. The van der Waals surface area contributed by atoms with Crippen LogP contribution in [0.2, 0.25) is 0 Å². The number of carboxylic acid groups (broad SMARTS) is 1. The number of hydrogen-bond acceptors (Lipinski definition) is 1. The molecule has 0 aromatic heterocycles. The topological polar surface area (TPSA) is 37.3 Å². The molecule has 0 radical (unpaired) electrons. The zero-order chi connectivity index (χ0) is 11.8. The van der Waals surface area contributed by atoms with Gasteiger partial charge >= 0.3 is 5.97 Å². The second kappa shape index (κ2) is 3.78. The lowest BCUT2D eigenvalue weighted by Gasteiger charge is -1.96. The van der Waals surface area contributed by atoms with Crippen LogP contribution < -0.4 is 0 Å². The number of rotatable bonds is 3. The van der Waals surface area contributed by atoms with Crippen LogP contribution in [0, 0.1) is 17.3 Å². The largest absolute Gasteiger partial charge is 0.481 e. The first-order chi connectivity index (χ1) is 7.53. The van der Waals surface area contributed by atoms with Crippen molar-refractivity contribution in [3.63, 3.8) is 0 Å². The van der Waals surface area contributed by atoms with E-state index < -0.39 is 5.97 Å². The second-order valence-corrected chi connectivity index (χ2v) is 4.93. The van der Waals surface area contributed by atoms with Gasteiger partial charge in [-0.05, 0) is 16.9 Å². The third-order valence-corrected chi connectivity index (χ3v) is 3.47. The molecule has 2 rings (SSSR count). The SMILES string of the molecule is CC1(C)[C@H](C=Cc2ccccc2)[C@H]1C(=O)O. The van der Waals surface area contributed by atoms with Crippen molar-refractivity contribution in [3.8, 4) is 0 Å². The van der Waals surface area contributed by atoms with Gasteiger partial charge in [-0.3, -0.25) is 4.79 Å². The molecule has 0 aliphatic heterocycles. The quantitative estimate of drug-likeness (QED) is 0.843. The Hall–Kier alpha value is -1.57. The maximum Gasteiger partial charge on any atom is 0.307 e. The van der Waals surface area contributed by atoms with Crippen molar-refractivity contribution in [1.82, 2.24) is 0 Å². The van der Waals surface area contributed by atoms with Crippen LogP contribution in [0.5, 0.6) is 0 Å². The van der Waals surface area contributed by atoms with E-state index in [1.54, 1.807) is 0 Å². The average Bonchev–Trinajstić information content (AvgIpc) is 2.79. The van der Waals surface area contributed by atoms with Gasteiger partial charge in [-0.25, -0.2) is 0 Å². The molecule has 1 aliphatic rings. The molecule has 84 valence electrons. The lowest BCUT2D eigenvalue weighted by Crippen LogP contribution is -2.02. The Bertz CT molecular complexity index is 418. The lowest BCUT2D eigenvalue weighted by molar-refractivity contribution is -0.139. The molecule has 1 aliphatic carbocycles. The van der Waals surface area contributed by atoms with E-state index >= 15 is 0 Å². The molecule has 2 heteroatoms. The molecule has 1 N–H and O–H groups in total. The standard InChI is InChI=1S/C14H16O2/c1-14(2)11(12(14)13(15)16)9-8-10-6-4-3-5-7-10/h3-9,11-12H,1-2H3,(H,15,16)/t11-,12+/m1/s1. The van der Waals surface area contributed by atoms with Gasteiger partial charge in [-0.1, -0.05) is 56.3 Å². The minimum Gasteiger partial charge on any atom is -0.481 e. The van der Waals surface area contributed by atoms with Gasteiger partial charge in [0.15, 0.2) is 0 Å². The van der Waals surface area contributed by atoms with Crippen LogP contribution >= 0.6 is 0 Å². The Morgan fingerprint density at radius 2 is 1.94 bits per heavy atom. The van der Waals surface area contributed by atoms with Gasteiger partial charge in [0.2, 0.25) is 0 Å². The van der Waals surface area contributed by atoms with E-state index in [1.807, 2.05) is 56.3 Å². The number of carbonyl (C=O) groups is 1. The normalized spacial score (nSPS) is 26.9. The van der Waals surface area contributed by atoms with E-state index in [0.717, 1.165) is 5.56 Å². The van der Waals surface area contributed by atoms with Gasteiger partial charge in [-0.15, -0.1) is 0 Å². The molecule has 16 heavy (non-hydrogen) atoms. The van der Waals surface area contributed by atoms with Gasteiger partial charge in [0.1, 0.15) is 0 Å². The highest BCUT2D eigenvalue weighted by Gasteiger charge is 2.60. The van der Waals surface area contributed by atoms with Crippen molar-refractivity contribution in [2.75, 3.05) is 0 Å². The minimum absolute atomic E-state index is 0.100. The third-order valence-electron chi connectivity index (χ3n) is 3.47. The maximum atomic E-state index is 11.0. The molecule has 0 spiro atoms. The molecule has 1 saturated carbocycles. The fourth-order valence-electron chi connectivity index (χ4n) is 2.29. The summed E-state index contributed by atoms with van der Waals surface area (Å²) in [7, 11) is 0. The summed E-state index contributed by atoms with van der Waals surface area (Å²) in [6.07, 6.45) is 4.03. The molecule has 0 saturated heterocycles. The van der Waals surface area contributed by atoms with E-state index in [1.165, 1.54) is 0 Å². The molecule has 0 amide bonds. The predicted molar refractivity (Wildman–Crippen MR) is 63.9 cm³/mol. The summed E-state index contributed by atoms with van der Waals surface area (Å²) in [6, 6.07) is 9.96. The van der Waals surface area contributed by atoms with Crippen LogP contribution in [-0.2, 0) is 4.79 Å². The van der Waals surface area contributed by atoms with E-state index in [-0.39, 0.29) is 17.3 Å². The number of hydrogen-bond donors (Lipinski definition) is 1. The van der Waals surface area contributed by atoms with E-state index in [2.05, 4.69) is 0 Å². The number of aliphatic carboxylic acids is 1. The van der Waals surface area contributed by atoms with Gasteiger partial charge < -0.3 is 5.11 Å². The van der Waals surface area contributed by atoms with Crippen LogP contribution in [0.4, 0.5) is 0 Å². The average molecular weight is 216 g/mol. The molecule has 0 unspecified atom stereocenters. The van der Waals surface area contributed by atoms with Crippen LogP contribution in [0.3, 0.4) is 0 Å². The molecule has 1 aromatic carbocycles. The summed E-state index contributed by atoms with van der Waals surface area (Å²) < 4.78 is 0. The molecule has 1 aromatic rings. The van der Waals surface area contributed by atoms with Crippen molar-refractivity contribution in [2.24, 2.45) is 17.3 Å². The zero-order valence-corrected chi connectivity index (χ0v) is 9.55. The Morgan fingerprint density at radius 1 is 1.31 bits per heavy atom. The summed E-state index contributed by atoms with van der Waals surface area (Å²) in [5, 5.41) is 9.02. The molecule has 0 heterocycles. The number of carboxylic acids is 1. The van der Waals surface area contributed by atoms with Crippen molar-refractivity contribution in [2.45, 2.75) is 13.8 Å². The zero-order valence-electron chi connectivity index (χ0n) is 9.55. The van der Waals surface area contributed by atoms with Crippen LogP contribution in [0.1, 0.15) is 19.4 Å². The maximum absolute atomic E-state index is 11.0. The highest BCUT2D eigenvalue weighted by Crippen LogP contribution is 2.59. The molecule has 0 bridgehead atoms. The smallest absolute Gasteiger partial charge is 0.307 e. The Labute approximate surface area is 95.6 Å². The summed E-state index contributed by atoms with van der Waals surface area (Å²) >= 11 is 0. The first-order valence-corrected chi connectivity index (χ1v) is 5.49. The summed E-state index contributed by atoms with van der Waals surface area (Å²) in [6.45, 7) is 4.01. The molecular weight excluding hydrogens is 200 g/mol. The fourth-order valence-corrected chi connectivity index (χ4v) is 2.29. The first-order valence-electron chi connectivity index (χ1n) is 5.49. The van der Waals surface area contributed by atoms with Crippen molar-refractivity contribution < 1.29 is 9.90 Å². The van der Waals surface area contributed by atoms with E-state index in [0.29, 0.717) is 0 Å². The van der Waals surface area contributed by atoms with E-state index in [4.69, 9.17) is 5.11 Å². The van der Waals surface area contributed by atoms with Crippen molar-refractivity contribution in [3.05, 3.63) is 42.0 Å². The monoisotopic (exact) mass is 216 g/mol. The highest BCUT2D eigenvalue weighted by molar-refractivity contribution is 5.76. The Kier molecular flexibility index (Phi) is 2.58. The molecule has 1 fully saturated rings. The van der Waals surface area contributed by atoms with Gasteiger partial charge in [-0.2, -0.15) is 0 Å². The second-order valence-electron chi connectivity index (χ2n) is 4.93. The van der Waals surface area contributed by atoms with Gasteiger partial charge in [0.25, 0.3) is 0 Å². The van der Waals surface area contributed by atoms with Crippen molar-refractivity contribution in [1.29, 1.82) is 0 Å². The lowest BCUT2D eigenvalue weighted by atomic mass is 10.1. The predicted octanol–water partition coefficient (Wildman–Crippen LogP) is 3.06. The molecular formula is C14H16O2. The number of allylic oxidation sites excluding steroid dienone is 1. The van der Waals surface area contributed by atoms with Crippen LogP contribution in [-0.4, -0.2) is 11.1 Å². The Balaban J connectivity index is 2.08. The summed E-state index contributed by atoms with van der Waals surface area (Å²) in [5.74, 6) is -0.759. The summed E-state index contributed by atoms with van der Waals surface area (Å²) in [5.41, 5.74) is 1.02. The van der Waals surface area contributed by atoms with Crippen LogP contribution in [0.25, 0.3) is 6.08 Å². The molecule has 2 atom stereocenters. The minimum atomic E-state index is -0.687. The van der Waals surface area contributed by atoms with E-state index in [9.17, 15) is 4.79 Å². The molecule has 2 nitrogen and oxygen atoms in total. The van der Waals surface area contributed by atoms with Gasteiger partial charge in [0, 0.05) is 0 Å². The number of benzene rings is 1. The first kappa shape index (κ1) is 10.9. The highest BCUT2D eigenvalue weighted by atomic mass is 16.4. The fraction of sp³-hybridized carbons (Fsp3) is 0.357. The van der Waals surface area contributed by atoms with Crippen LogP contribution in [0.15, 0.2) is 36.4 Å². The van der Waals surface area contributed by atoms with Crippen molar-refractivity contribution >= 4 is 12.0 Å². The third kappa shape index (κ3) is 1.87. The van der Waals surface area contributed by atoms with Gasteiger partial charge in [0.05, 0.1) is 5.92 Å².